The molecule has 0 unspecified atom stereocenters. The van der Waals surface area contributed by atoms with E-state index in [9.17, 15) is 24.8 Å². The number of hydrogen-bond donors (Lipinski definition) is 1. The Morgan fingerprint density at radius 3 is 2.42 bits per heavy atom. The highest BCUT2D eigenvalue weighted by atomic mass is 35.5. The van der Waals surface area contributed by atoms with E-state index in [-0.39, 0.29) is 11.3 Å². The minimum atomic E-state index is -1.34. The second kappa shape index (κ2) is 7.56. The molecule has 0 saturated carbocycles. The lowest BCUT2D eigenvalue weighted by Gasteiger charge is -2.20. The van der Waals surface area contributed by atoms with Crippen LogP contribution >= 0.6 is 11.6 Å². The monoisotopic (exact) mass is 347 g/mol. The van der Waals surface area contributed by atoms with Gasteiger partial charge < -0.3 is 15.2 Å². The van der Waals surface area contributed by atoms with Crippen LogP contribution in [0.25, 0.3) is 0 Å². The summed E-state index contributed by atoms with van der Waals surface area (Å²) in [6, 6.07) is 10.6. The van der Waals surface area contributed by atoms with Crippen molar-refractivity contribution >= 4 is 29.2 Å². The Hall–Kier alpha value is -2.93. The fraction of sp³-hybridized carbons (Fsp3) is 0.125. The average molecular weight is 348 g/mol. The zero-order chi connectivity index (χ0) is 17.7. The Balaban J connectivity index is 2.24. The summed E-state index contributed by atoms with van der Waals surface area (Å²) in [7, 11) is 0. The quantitative estimate of drug-likeness (QED) is 0.633. The number of carboxylic acid groups (broad SMARTS) is 1. The molecule has 0 aliphatic rings. The molecule has 2 aromatic carbocycles. The number of amides is 1. The van der Waals surface area contributed by atoms with E-state index in [4.69, 9.17) is 11.6 Å². The van der Waals surface area contributed by atoms with Crippen LogP contribution in [0.1, 0.15) is 28.4 Å². The fourth-order valence-electron chi connectivity index (χ4n) is 2.12. The zero-order valence-electron chi connectivity index (χ0n) is 12.3. The largest absolute Gasteiger partial charge is 0.550 e. The highest BCUT2D eigenvalue weighted by molar-refractivity contribution is 6.30. The maximum atomic E-state index is 12.3. The Morgan fingerprint density at radius 1 is 1.17 bits per heavy atom. The summed E-state index contributed by atoms with van der Waals surface area (Å²) >= 11 is 5.79. The summed E-state index contributed by atoms with van der Waals surface area (Å²) in [4.78, 5) is 33.4. The molecule has 124 valence electrons. The molecule has 24 heavy (non-hydrogen) atoms. The van der Waals surface area contributed by atoms with Gasteiger partial charge in [0.05, 0.1) is 11.0 Å². The SMILES string of the molecule is O=C([O-])C[C@@H](NC(=O)c1cccc([N+](=O)[O-])c1)c1ccc(Cl)cc1. The molecule has 0 spiro atoms. The van der Waals surface area contributed by atoms with Crippen molar-refractivity contribution < 1.29 is 19.6 Å². The Bertz CT molecular complexity index is 776. The fourth-order valence-corrected chi connectivity index (χ4v) is 2.24. The van der Waals surface area contributed by atoms with Gasteiger partial charge >= 0.3 is 0 Å². The number of benzene rings is 2. The molecular weight excluding hydrogens is 336 g/mol. The van der Waals surface area contributed by atoms with E-state index in [1.54, 1.807) is 24.3 Å². The maximum Gasteiger partial charge on any atom is 0.270 e. The van der Waals surface area contributed by atoms with Crippen LogP contribution < -0.4 is 10.4 Å². The average Bonchev–Trinajstić information content (AvgIpc) is 2.54. The number of carboxylic acids is 1. The first-order valence-electron chi connectivity index (χ1n) is 6.87. The highest BCUT2D eigenvalue weighted by Crippen LogP contribution is 2.20. The molecule has 0 aromatic heterocycles. The van der Waals surface area contributed by atoms with Crippen molar-refractivity contribution in [3.8, 4) is 0 Å². The number of nitrogens with one attached hydrogen (secondary N) is 1. The Labute approximate surface area is 142 Å². The van der Waals surface area contributed by atoms with E-state index in [0.717, 1.165) is 6.07 Å². The molecule has 1 atom stereocenters. The smallest absolute Gasteiger partial charge is 0.270 e. The Kier molecular flexibility index (Phi) is 5.49. The van der Waals surface area contributed by atoms with E-state index >= 15 is 0 Å². The van der Waals surface area contributed by atoms with Gasteiger partial charge in [-0.05, 0) is 23.8 Å². The van der Waals surface area contributed by atoms with Crippen molar-refractivity contribution in [1.29, 1.82) is 0 Å². The summed E-state index contributed by atoms with van der Waals surface area (Å²) in [5.41, 5.74) is 0.356. The minimum absolute atomic E-state index is 0.0570. The van der Waals surface area contributed by atoms with Gasteiger partial charge in [0.2, 0.25) is 0 Å². The molecule has 0 saturated heterocycles. The number of nitro groups is 1. The number of nitro benzene ring substituents is 1. The second-order valence-corrected chi connectivity index (χ2v) is 5.40. The predicted molar refractivity (Wildman–Crippen MR) is 84.4 cm³/mol. The first-order valence-corrected chi connectivity index (χ1v) is 7.25. The summed E-state index contributed by atoms with van der Waals surface area (Å²) in [6.07, 6.45) is -0.442. The van der Waals surface area contributed by atoms with Crippen LogP contribution in [0.4, 0.5) is 5.69 Å². The first kappa shape index (κ1) is 17.4. The number of carbonyl (C=O) groups excluding carboxylic acids is 2. The summed E-state index contributed by atoms with van der Waals surface area (Å²) in [5.74, 6) is -1.96. The number of nitrogens with zero attached hydrogens (tertiary/aromatic N) is 1. The van der Waals surface area contributed by atoms with Crippen molar-refractivity contribution in [3.63, 3.8) is 0 Å². The molecule has 0 fully saturated rings. The number of aliphatic carboxylic acids is 1. The number of carbonyl (C=O) groups is 2. The number of hydrogen-bond acceptors (Lipinski definition) is 5. The van der Waals surface area contributed by atoms with Gasteiger partial charge in [0.15, 0.2) is 0 Å². The molecule has 0 aliphatic carbocycles. The van der Waals surface area contributed by atoms with Crippen molar-refractivity contribution in [3.05, 3.63) is 74.8 Å². The lowest BCUT2D eigenvalue weighted by Crippen LogP contribution is -2.34. The number of rotatable bonds is 6. The van der Waals surface area contributed by atoms with Crippen LogP contribution in [0.5, 0.6) is 0 Å². The van der Waals surface area contributed by atoms with Gasteiger partial charge in [-0.15, -0.1) is 0 Å². The van der Waals surface area contributed by atoms with Crippen molar-refractivity contribution in [1.82, 2.24) is 5.32 Å². The van der Waals surface area contributed by atoms with Crippen LogP contribution in [0.2, 0.25) is 5.02 Å². The molecule has 0 bridgehead atoms. The number of non-ortho nitro benzene ring substituents is 1. The Morgan fingerprint density at radius 2 is 1.83 bits per heavy atom. The molecule has 7 nitrogen and oxygen atoms in total. The van der Waals surface area contributed by atoms with Gasteiger partial charge in [-0.3, -0.25) is 14.9 Å². The van der Waals surface area contributed by atoms with Crippen molar-refractivity contribution in [2.45, 2.75) is 12.5 Å². The minimum Gasteiger partial charge on any atom is -0.550 e. The molecule has 0 radical (unpaired) electrons. The third kappa shape index (κ3) is 4.53. The molecule has 8 heteroatoms. The standard InChI is InChI=1S/C16H13ClN2O5/c17-12-6-4-10(5-7-12)14(9-15(20)21)18-16(22)11-2-1-3-13(8-11)19(23)24/h1-8,14H,9H2,(H,18,22)(H,20,21)/p-1/t14-/m1/s1. The van der Waals surface area contributed by atoms with E-state index < -0.39 is 29.3 Å². The van der Waals surface area contributed by atoms with E-state index in [0.29, 0.717) is 10.6 Å². The van der Waals surface area contributed by atoms with Crippen LogP contribution in [0.3, 0.4) is 0 Å². The van der Waals surface area contributed by atoms with E-state index in [1.165, 1.54) is 18.2 Å². The third-order valence-electron chi connectivity index (χ3n) is 3.27. The van der Waals surface area contributed by atoms with E-state index in [1.807, 2.05) is 0 Å². The van der Waals surface area contributed by atoms with Crippen molar-refractivity contribution in [2.75, 3.05) is 0 Å². The summed E-state index contributed by atoms with van der Waals surface area (Å²) in [6.45, 7) is 0. The topological polar surface area (TPSA) is 112 Å². The third-order valence-corrected chi connectivity index (χ3v) is 3.52. The van der Waals surface area contributed by atoms with E-state index in [2.05, 4.69) is 5.32 Å². The molecule has 2 rings (SSSR count). The van der Waals surface area contributed by atoms with Gasteiger partial charge in [0, 0.05) is 35.1 Å². The lowest BCUT2D eigenvalue weighted by molar-refractivity contribution is -0.384. The summed E-state index contributed by atoms with van der Waals surface area (Å²) in [5, 5.41) is 24.7. The lowest BCUT2D eigenvalue weighted by atomic mass is 10.0. The van der Waals surface area contributed by atoms with Crippen LogP contribution in [0.15, 0.2) is 48.5 Å². The number of halogens is 1. The van der Waals surface area contributed by atoms with Crippen molar-refractivity contribution in [2.24, 2.45) is 0 Å². The zero-order valence-corrected chi connectivity index (χ0v) is 13.0. The van der Waals surface area contributed by atoms with Gasteiger partial charge in [0.1, 0.15) is 0 Å². The van der Waals surface area contributed by atoms with Gasteiger partial charge in [-0.25, -0.2) is 0 Å². The van der Waals surface area contributed by atoms with Crippen LogP contribution in [-0.4, -0.2) is 16.8 Å². The predicted octanol–water partition coefficient (Wildman–Crippen LogP) is 1.86. The molecule has 1 amide bonds. The van der Waals surface area contributed by atoms with Gasteiger partial charge in [-0.1, -0.05) is 29.8 Å². The molecule has 2 aromatic rings. The highest BCUT2D eigenvalue weighted by Gasteiger charge is 2.18. The van der Waals surface area contributed by atoms with Crippen LogP contribution in [0, 0.1) is 10.1 Å². The normalized spacial score (nSPS) is 11.5. The molecule has 0 aliphatic heterocycles. The molecule has 1 N–H and O–H groups in total. The molecule has 0 heterocycles. The summed E-state index contributed by atoms with van der Waals surface area (Å²) < 4.78 is 0. The molecular formula is C16H12ClN2O5-. The van der Waals surface area contributed by atoms with Gasteiger partial charge in [-0.2, -0.15) is 0 Å². The second-order valence-electron chi connectivity index (χ2n) is 4.96. The van der Waals surface area contributed by atoms with Gasteiger partial charge in [0.25, 0.3) is 11.6 Å². The first-order chi connectivity index (χ1) is 11.4. The van der Waals surface area contributed by atoms with Crippen LogP contribution in [-0.2, 0) is 4.79 Å². The maximum absolute atomic E-state index is 12.3.